The van der Waals surface area contributed by atoms with Crippen molar-refractivity contribution >= 4 is 0 Å². The van der Waals surface area contributed by atoms with Crippen LogP contribution in [0.3, 0.4) is 0 Å². The first-order valence-corrected chi connectivity index (χ1v) is 14.6. The van der Waals surface area contributed by atoms with Gasteiger partial charge in [0.1, 0.15) is 0 Å². The molecular weight excluding hydrogens is 504 g/mol. The van der Waals surface area contributed by atoms with Crippen LogP contribution in [-0.4, -0.2) is 0 Å². The monoisotopic (exact) mass is 534 g/mol. The summed E-state index contributed by atoms with van der Waals surface area (Å²) >= 11 is 0. The van der Waals surface area contributed by atoms with Gasteiger partial charge in [0.2, 0.25) is 0 Å². The molecular formula is C42H30. The molecule has 198 valence electrons. The lowest BCUT2D eigenvalue weighted by atomic mass is 9.74. The molecule has 2 aliphatic rings. The highest BCUT2D eigenvalue weighted by atomic mass is 14.3. The number of benzene rings is 5. The van der Waals surface area contributed by atoms with Crippen molar-refractivity contribution in [2.24, 2.45) is 5.92 Å². The first kappa shape index (κ1) is 25.6. The predicted octanol–water partition coefficient (Wildman–Crippen LogP) is 10.7. The molecule has 5 aromatic rings. The van der Waals surface area contributed by atoms with Crippen LogP contribution in [0.2, 0.25) is 0 Å². The molecule has 2 aliphatic carbocycles. The summed E-state index contributed by atoms with van der Waals surface area (Å²) in [5.41, 5.74) is 12.0. The quantitative estimate of drug-likeness (QED) is 0.197. The molecule has 7 rings (SSSR count). The van der Waals surface area contributed by atoms with Crippen molar-refractivity contribution in [1.82, 2.24) is 0 Å². The van der Waals surface area contributed by atoms with Crippen LogP contribution in [-0.2, 0) is 0 Å². The van der Waals surface area contributed by atoms with Crippen molar-refractivity contribution in [2.45, 2.75) is 5.92 Å². The fourth-order valence-electron chi connectivity index (χ4n) is 6.13. The Morgan fingerprint density at radius 2 is 0.762 bits per heavy atom. The van der Waals surface area contributed by atoms with Crippen LogP contribution in [0, 0.1) is 17.8 Å². The minimum atomic E-state index is 0.102. The molecule has 0 aromatic heterocycles. The van der Waals surface area contributed by atoms with Crippen molar-refractivity contribution < 1.29 is 0 Å². The summed E-state index contributed by atoms with van der Waals surface area (Å²) < 4.78 is 0. The minimum Gasteiger partial charge on any atom is -0.0861 e. The Balaban J connectivity index is 1.73. The summed E-state index contributed by atoms with van der Waals surface area (Å²) in [6.45, 7) is 0. The van der Waals surface area contributed by atoms with Gasteiger partial charge in [-0.25, -0.2) is 0 Å². The fraction of sp³-hybridized carbons (Fsp3) is 0.0476. The Bertz CT molecular complexity index is 1870. The standard InChI is InChI=1S/C42H30/c1-5-19-32(20-6-1)38-37(30-29-31-17-13-14-18-31)39(33-27-15-16-28-33)41(35-23-9-3-10-24-35)42(36-25-11-4-12-26-36)40(38)34-21-7-2-8-22-34/h1-28,31,33H. The molecule has 0 atom stereocenters. The van der Waals surface area contributed by atoms with E-state index in [2.05, 4.69) is 182 Å². The zero-order chi connectivity index (χ0) is 28.1. The average Bonchev–Trinajstić information content (AvgIpc) is 3.80. The minimum absolute atomic E-state index is 0.102. The second kappa shape index (κ2) is 11.6. The third kappa shape index (κ3) is 4.87. The summed E-state index contributed by atoms with van der Waals surface area (Å²) in [6.07, 6.45) is 17.4. The normalized spacial score (nSPS) is 13.9. The Morgan fingerprint density at radius 3 is 1.24 bits per heavy atom. The van der Waals surface area contributed by atoms with Crippen LogP contribution >= 0.6 is 0 Å². The number of rotatable bonds is 5. The fourth-order valence-corrected chi connectivity index (χ4v) is 6.13. The summed E-state index contributed by atoms with van der Waals surface area (Å²) in [4.78, 5) is 0. The van der Waals surface area contributed by atoms with Gasteiger partial charge in [0.25, 0.3) is 0 Å². The Labute approximate surface area is 248 Å². The molecule has 0 spiro atoms. The van der Waals surface area contributed by atoms with E-state index < -0.39 is 0 Å². The second-order valence-corrected chi connectivity index (χ2v) is 10.6. The summed E-state index contributed by atoms with van der Waals surface area (Å²) in [5, 5.41) is 0. The van der Waals surface area contributed by atoms with Crippen LogP contribution < -0.4 is 0 Å². The molecule has 0 aliphatic heterocycles. The van der Waals surface area contributed by atoms with E-state index in [1.54, 1.807) is 0 Å². The van der Waals surface area contributed by atoms with Gasteiger partial charge < -0.3 is 0 Å². The largest absolute Gasteiger partial charge is 0.0861 e. The maximum absolute atomic E-state index is 3.78. The van der Waals surface area contributed by atoms with Crippen molar-refractivity contribution in [3.63, 3.8) is 0 Å². The van der Waals surface area contributed by atoms with E-state index >= 15 is 0 Å². The van der Waals surface area contributed by atoms with Crippen molar-refractivity contribution in [2.75, 3.05) is 0 Å². The Morgan fingerprint density at radius 1 is 0.381 bits per heavy atom. The van der Waals surface area contributed by atoms with E-state index in [1.165, 1.54) is 50.1 Å². The molecule has 0 heterocycles. The molecule has 0 heteroatoms. The van der Waals surface area contributed by atoms with Gasteiger partial charge in [0.15, 0.2) is 0 Å². The Kier molecular flexibility index (Phi) is 7.08. The predicted molar refractivity (Wildman–Crippen MR) is 178 cm³/mol. The van der Waals surface area contributed by atoms with E-state index in [0.29, 0.717) is 0 Å². The first-order chi connectivity index (χ1) is 20.9. The zero-order valence-electron chi connectivity index (χ0n) is 23.3. The van der Waals surface area contributed by atoms with Gasteiger partial charge in [0, 0.05) is 17.0 Å². The third-order valence-corrected chi connectivity index (χ3v) is 7.98. The lowest BCUT2D eigenvalue weighted by Crippen LogP contribution is -2.07. The van der Waals surface area contributed by atoms with Gasteiger partial charge in [-0.3, -0.25) is 0 Å². The van der Waals surface area contributed by atoms with E-state index in [1.807, 2.05) is 0 Å². The van der Waals surface area contributed by atoms with E-state index in [-0.39, 0.29) is 11.8 Å². The Hall–Kier alpha value is -5.38. The lowest BCUT2D eigenvalue weighted by Gasteiger charge is -2.28. The summed E-state index contributed by atoms with van der Waals surface area (Å²) in [6, 6.07) is 43.3. The molecule has 5 aromatic carbocycles. The van der Waals surface area contributed by atoms with E-state index in [4.69, 9.17) is 0 Å². The van der Waals surface area contributed by atoms with Crippen LogP contribution in [0.1, 0.15) is 17.0 Å². The van der Waals surface area contributed by atoms with Crippen LogP contribution in [0.5, 0.6) is 0 Å². The number of hydrogen-bond donors (Lipinski definition) is 0. The smallest absolute Gasteiger partial charge is 0.0573 e. The van der Waals surface area contributed by atoms with Gasteiger partial charge in [-0.1, -0.05) is 182 Å². The van der Waals surface area contributed by atoms with Crippen LogP contribution in [0.25, 0.3) is 44.5 Å². The molecule has 0 fully saturated rings. The highest BCUT2D eigenvalue weighted by molar-refractivity contribution is 6.05. The highest BCUT2D eigenvalue weighted by Crippen LogP contribution is 2.52. The maximum Gasteiger partial charge on any atom is 0.0573 e. The third-order valence-electron chi connectivity index (χ3n) is 7.98. The first-order valence-electron chi connectivity index (χ1n) is 14.6. The molecule has 0 bridgehead atoms. The van der Waals surface area contributed by atoms with Crippen LogP contribution in [0.4, 0.5) is 0 Å². The molecule has 0 radical (unpaired) electrons. The van der Waals surface area contributed by atoms with Crippen molar-refractivity contribution in [3.8, 4) is 56.3 Å². The van der Waals surface area contributed by atoms with E-state index in [0.717, 1.165) is 5.56 Å². The zero-order valence-corrected chi connectivity index (χ0v) is 23.3. The van der Waals surface area contributed by atoms with Gasteiger partial charge in [0.05, 0.1) is 5.92 Å². The maximum atomic E-state index is 3.78. The lowest BCUT2D eigenvalue weighted by molar-refractivity contribution is 1.10. The van der Waals surface area contributed by atoms with Crippen molar-refractivity contribution in [3.05, 3.63) is 181 Å². The summed E-state index contributed by atoms with van der Waals surface area (Å²) in [7, 11) is 0. The SMILES string of the molecule is C(#CC1C=CC=C1)c1c(-c2ccccc2)c(-c2ccccc2)c(-c2ccccc2)c(-c2ccccc2)c1C1C=CC=C1. The molecule has 0 amide bonds. The van der Waals surface area contributed by atoms with Gasteiger partial charge in [-0.15, -0.1) is 0 Å². The van der Waals surface area contributed by atoms with Crippen LogP contribution in [0.15, 0.2) is 170 Å². The molecule has 0 unspecified atom stereocenters. The summed E-state index contributed by atoms with van der Waals surface area (Å²) in [5.74, 6) is 7.60. The number of hydrogen-bond acceptors (Lipinski definition) is 0. The highest BCUT2D eigenvalue weighted by Gasteiger charge is 2.29. The molecule has 0 saturated heterocycles. The molecule has 0 N–H and O–H groups in total. The second-order valence-electron chi connectivity index (χ2n) is 10.6. The van der Waals surface area contributed by atoms with Gasteiger partial charge in [-0.2, -0.15) is 0 Å². The average molecular weight is 535 g/mol. The van der Waals surface area contributed by atoms with Gasteiger partial charge in [-0.05, 0) is 44.5 Å². The molecule has 0 nitrogen and oxygen atoms in total. The van der Waals surface area contributed by atoms with Gasteiger partial charge >= 0.3 is 0 Å². The molecule has 0 saturated carbocycles. The topological polar surface area (TPSA) is 0 Å². The molecule has 42 heavy (non-hydrogen) atoms. The van der Waals surface area contributed by atoms with E-state index in [9.17, 15) is 0 Å². The van der Waals surface area contributed by atoms with Crippen molar-refractivity contribution in [1.29, 1.82) is 0 Å². The number of allylic oxidation sites excluding steroid dienone is 8.